The van der Waals surface area contributed by atoms with E-state index in [9.17, 15) is 9.59 Å². The highest BCUT2D eigenvalue weighted by atomic mass is 16.3. The van der Waals surface area contributed by atoms with Crippen molar-refractivity contribution in [2.24, 2.45) is 10.9 Å². The van der Waals surface area contributed by atoms with Crippen LogP contribution in [0.2, 0.25) is 0 Å². The number of aliphatic hydroxyl groups excluding tert-OH is 1. The van der Waals surface area contributed by atoms with Gasteiger partial charge in [0.15, 0.2) is 0 Å². The second-order valence-electron chi connectivity index (χ2n) is 9.40. The zero-order valence-corrected chi connectivity index (χ0v) is 23.2. The standard InChI is InChI=1S/C14H17BN.C8H14N2O3.C4H10.C2H4O/c1-3-4-5-12-6-8-13(9-7-12)14-11(2)16-10-15-14;1-6(11)9-4-8(13)10-3-2-7(12)5-10;1-4(2)3;1-2-3/h6-10H,3-5H2,1-2H3;7,12H,2-5H2,1H3,(H,9,11);4H,1-3H3;2H,1H3. The van der Waals surface area contributed by atoms with Crippen LogP contribution in [0.25, 0.3) is 5.47 Å². The molecule has 1 aromatic carbocycles. The van der Waals surface area contributed by atoms with Crippen LogP contribution >= 0.6 is 0 Å². The predicted octanol–water partition coefficient (Wildman–Crippen LogP) is 4.05. The molecule has 2 heterocycles. The molecule has 1 atom stereocenters. The maximum Gasteiger partial charge on any atom is 0.242 e. The van der Waals surface area contributed by atoms with E-state index in [0.29, 0.717) is 19.5 Å². The number of aliphatic hydroxyl groups is 1. The van der Waals surface area contributed by atoms with Crippen molar-refractivity contribution in [1.29, 1.82) is 0 Å². The molecule has 2 aliphatic heterocycles. The van der Waals surface area contributed by atoms with E-state index >= 15 is 0 Å². The molecule has 1 radical (unpaired) electrons. The Balaban J connectivity index is 0.000000549. The number of aliphatic imine (C=N–C) groups is 1. The van der Waals surface area contributed by atoms with E-state index in [1.54, 1.807) is 4.90 Å². The van der Waals surface area contributed by atoms with Crippen LogP contribution < -0.4 is 5.32 Å². The third-order valence-corrected chi connectivity index (χ3v) is 4.99. The van der Waals surface area contributed by atoms with Crippen LogP contribution in [0.5, 0.6) is 0 Å². The molecule has 1 saturated heterocycles. The van der Waals surface area contributed by atoms with Crippen molar-refractivity contribution in [3.05, 3.63) is 41.1 Å². The zero-order chi connectivity index (χ0) is 27.5. The molecule has 0 saturated carbocycles. The Hall–Kier alpha value is -2.74. The van der Waals surface area contributed by atoms with Crippen molar-refractivity contribution in [1.82, 2.24) is 10.2 Å². The van der Waals surface area contributed by atoms with Crippen molar-refractivity contribution in [2.75, 3.05) is 19.6 Å². The second-order valence-corrected chi connectivity index (χ2v) is 9.40. The van der Waals surface area contributed by atoms with E-state index in [-0.39, 0.29) is 18.4 Å². The highest BCUT2D eigenvalue weighted by Crippen LogP contribution is 2.22. The average Bonchev–Trinajstić information content (AvgIpc) is 3.45. The van der Waals surface area contributed by atoms with Gasteiger partial charge in [-0.1, -0.05) is 63.9 Å². The van der Waals surface area contributed by atoms with Gasteiger partial charge in [0.05, 0.1) is 12.6 Å². The topological polar surface area (TPSA) is 99.1 Å². The lowest BCUT2D eigenvalue weighted by molar-refractivity contribution is -0.131. The van der Waals surface area contributed by atoms with Gasteiger partial charge in [-0.25, -0.2) is 0 Å². The third kappa shape index (κ3) is 15.3. The second kappa shape index (κ2) is 19.5. The number of amides is 2. The number of aldehydes is 1. The molecule has 1 aromatic rings. The summed E-state index contributed by atoms with van der Waals surface area (Å²) in [5, 5.41) is 11.6. The number of benzene rings is 1. The summed E-state index contributed by atoms with van der Waals surface area (Å²) in [5.74, 6) is 0.486. The normalized spacial score (nSPS) is 15.6. The number of carbonyl (C=O) groups is 3. The SMILES string of the molecule is CC(=O)NCC(=O)N1CCC(O)C1.CC(C)C.CC=O.CCCCc1ccc(C2=C(C)N=C[B]2)cc1. The minimum Gasteiger partial charge on any atom is -0.391 e. The lowest BCUT2D eigenvalue weighted by Crippen LogP contribution is -2.38. The van der Waals surface area contributed by atoms with Crippen molar-refractivity contribution in [3.63, 3.8) is 0 Å². The van der Waals surface area contributed by atoms with Crippen molar-refractivity contribution in [3.8, 4) is 0 Å². The van der Waals surface area contributed by atoms with Gasteiger partial charge in [-0.2, -0.15) is 0 Å². The first-order valence-corrected chi connectivity index (χ1v) is 12.8. The molecule has 36 heavy (non-hydrogen) atoms. The fraction of sp³-hybridized carbons (Fsp3) is 0.571. The van der Waals surface area contributed by atoms with Crippen molar-refractivity contribution < 1.29 is 19.5 Å². The Labute approximate surface area is 218 Å². The summed E-state index contributed by atoms with van der Waals surface area (Å²) < 4.78 is 0. The molecular formula is C28H45BN3O4. The van der Waals surface area contributed by atoms with Gasteiger partial charge in [-0.3, -0.25) is 14.6 Å². The minimum atomic E-state index is -0.402. The van der Waals surface area contributed by atoms with Crippen molar-refractivity contribution >= 4 is 37.0 Å². The van der Waals surface area contributed by atoms with Gasteiger partial charge in [0.25, 0.3) is 0 Å². The number of carbonyl (C=O) groups excluding carboxylic acids is 3. The maximum atomic E-state index is 11.3. The number of likely N-dealkylation sites (tertiary alicyclic amines) is 1. The highest BCUT2D eigenvalue weighted by Gasteiger charge is 2.24. The van der Waals surface area contributed by atoms with E-state index in [0.717, 1.165) is 17.9 Å². The Morgan fingerprint density at radius 1 is 1.25 bits per heavy atom. The molecule has 0 aromatic heterocycles. The minimum absolute atomic E-state index is 0.0298. The number of aryl methyl sites for hydroxylation is 1. The quantitative estimate of drug-likeness (QED) is 0.457. The van der Waals surface area contributed by atoms with Crippen molar-refractivity contribution in [2.45, 2.75) is 80.3 Å². The summed E-state index contributed by atoms with van der Waals surface area (Å²) in [4.78, 5) is 36.4. The molecule has 2 amide bonds. The van der Waals surface area contributed by atoms with Crippen LogP contribution in [-0.4, -0.2) is 67.2 Å². The van der Waals surface area contributed by atoms with Crippen LogP contribution in [0.3, 0.4) is 0 Å². The lowest BCUT2D eigenvalue weighted by Gasteiger charge is -2.15. The van der Waals surface area contributed by atoms with Gasteiger partial charge in [-0.05, 0) is 56.3 Å². The zero-order valence-electron chi connectivity index (χ0n) is 23.2. The van der Waals surface area contributed by atoms with E-state index in [4.69, 9.17) is 9.90 Å². The van der Waals surface area contributed by atoms with Gasteiger partial charge in [-0.15, -0.1) is 0 Å². The Morgan fingerprint density at radius 2 is 1.83 bits per heavy atom. The largest absolute Gasteiger partial charge is 0.391 e. The van der Waals surface area contributed by atoms with Crippen LogP contribution in [0.4, 0.5) is 0 Å². The van der Waals surface area contributed by atoms with Gasteiger partial charge in [0, 0.05) is 25.7 Å². The molecule has 0 aliphatic carbocycles. The molecule has 7 nitrogen and oxygen atoms in total. The highest BCUT2D eigenvalue weighted by molar-refractivity contribution is 6.85. The Morgan fingerprint density at radius 3 is 2.25 bits per heavy atom. The third-order valence-electron chi connectivity index (χ3n) is 4.99. The number of nitrogens with zero attached hydrogens (tertiary/aromatic N) is 2. The number of hydrogen-bond donors (Lipinski definition) is 2. The molecule has 2 N–H and O–H groups in total. The molecule has 8 heteroatoms. The number of rotatable bonds is 6. The van der Waals surface area contributed by atoms with Gasteiger partial charge in [0.2, 0.25) is 19.1 Å². The molecule has 1 unspecified atom stereocenters. The summed E-state index contributed by atoms with van der Waals surface area (Å²) in [5.41, 5.74) is 5.07. The molecule has 2 aliphatic rings. The molecule has 1 fully saturated rings. The molecular weight excluding hydrogens is 453 g/mol. The fourth-order valence-corrected chi connectivity index (χ4v) is 3.23. The van der Waals surface area contributed by atoms with Gasteiger partial charge >= 0.3 is 0 Å². The molecule has 0 spiro atoms. The summed E-state index contributed by atoms with van der Waals surface area (Å²) in [6, 6.07) is 8.87. The van der Waals surface area contributed by atoms with E-state index in [1.165, 1.54) is 49.7 Å². The summed E-state index contributed by atoms with van der Waals surface area (Å²) in [6.45, 7) is 14.6. The smallest absolute Gasteiger partial charge is 0.242 e. The van der Waals surface area contributed by atoms with Crippen LogP contribution in [0.1, 0.15) is 78.9 Å². The fourth-order valence-electron chi connectivity index (χ4n) is 3.23. The number of hydrogen-bond acceptors (Lipinski definition) is 5. The monoisotopic (exact) mass is 498 g/mol. The number of unbranched alkanes of at least 4 members (excludes halogenated alkanes) is 1. The lowest BCUT2D eigenvalue weighted by atomic mass is 9.69. The van der Waals surface area contributed by atoms with E-state index < -0.39 is 6.10 Å². The molecule has 3 rings (SSSR count). The van der Waals surface area contributed by atoms with E-state index in [1.807, 2.05) is 6.11 Å². The molecule has 0 bridgehead atoms. The first-order chi connectivity index (χ1) is 17.0. The van der Waals surface area contributed by atoms with E-state index in [2.05, 4.69) is 76.5 Å². The van der Waals surface area contributed by atoms with Gasteiger partial charge < -0.3 is 20.1 Å². The summed E-state index contributed by atoms with van der Waals surface area (Å²) in [7, 11) is 2.08. The van der Waals surface area contributed by atoms with Crippen LogP contribution in [0, 0.1) is 5.92 Å². The average molecular weight is 498 g/mol. The first-order valence-electron chi connectivity index (χ1n) is 12.8. The number of allylic oxidation sites excluding steroid dienone is 1. The molecule has 199 valence electrons. The Kier molecular flexibility index (Phi) is 18.0. The predicted molar refractivity (Wildman–Crippen MR) is 150 cm³/mol. The van der Waals surface area contributed by atoms with Crippen LogP contribution in [0.15, 0.2) is 35.0 Å². The number of nitrogens with one attached hydrogen (secondary N) is 1. The Bertz CT molecular complexity index is 848. The maximum absolute atomic E-state index is 11.3. The van der Waals surface area contributed by atoms with Gasteiger partial charge in [0.1, 0.15) is 6.29 Å². The van der Waals surface area contributed by atoms with Crippen LogP contribution in [-0.2, 0) is 20.8 Å². The summed E-state index contributed by atoms with van der Waals surface area (Å²) in [6.07, 6.45) is 6.57. The first kappa shape index (κ1) is 33.3. The number of β-amino-alcohol motifs (C(OH)–C–C–N with tert-alkyl or cyclic N) is 1. The summed E-state index contributed by atoms with van der Waals surface area (Å²) >= 11 is 0.